The number of carbonyl (C=O) groups is 1. The van der Waals surface area contributed by atoms with Crippen LogP contribution in [0.3, 0.4) is 0 Å². The van der Waals surface area contributed by atoms with E-state index in [4.69, 9.17) is 10.5 Å². The van der Waals surface area contributed by atoms with Crippen LogP contribution in [0.25, 0.3) is 0 Å². The molecule has 0 saturated carbocycles. The third kappa shape index (κ3) is 5.21. The number of aromatic nitrogens is 4. The average Bonchev–Trinajstić information content (AvgIpc) is 3.20. The van der Waals surface area contributed by atoms with Crippen molar-refractivity contribution >= 4 is 17.4 Å². The Labute approximate surface area is 175 Å². The molecule has 0 atom stereocenters. The van der Waals surface area contributed by atoms with Crippen molar-refractivity contribution in [1.82, 2.24) is 19.7 Å². The zero-order valence-corrected chi connectivity index (χ0v) is 16.8. The van der Waals surface area contributed by atoms with Crippen molar-refractivity contribution in [2.75, 3.05) is 24.3 Å². The van der Waals surface area contributed by atoms with Crippen molar-refractivity contribution in [2.45, 2.75) is 32.2 Å². The highest BCUT2D eigenvalue weighted by atomic mass is 16.5. The molecule has 1 amide bonds. The minimum atomic E-state index is -0.407. The van der Waals surface area contributed by atoms with Gasteiger partial charge in [-0.25, -0.2) is 9.97 Å². The molecule has 3 heterocycles. The summed E-state index contributed by atoms with van der Waals surface area (Å²) in [4.78, 5) is 20.2. The minimum Gasteiger partial charge on any atom is -0.382 e. The molecule has 0 unspecified atom stereocenters. The number of amides is 1. The van der Waals surface area contributed by atoms with Gasteiger partial charge in [0.2, 0.25) is 0 Å². The zero-order chi connectivity index (χ0) is 20.8. The number of hydrogen-bond acceptors (Lipinski definition) is 6. The van der Waals surface area contributed by atoms with E-state index in [1.54, 1.807) is 17.1 Å². The second kappa shape index (κ2) is 9.49. The van der Waals surface area contributed by atoms with Gasteiger partial charge in [0.1, 0.15) is 0 Å². The van der Waals surface area contributed by atoms with Crippen LogP contribution >= 0.6 is 0 Å². The number of nitrogens with zero attached hydrogens (tertiary/aromatic N) is 4. The van der Waals surface area contributed by atoms with Crippen molar-refractivity contribution in [3.63, 3.8) is 0 Å². The lowest BCUT2D eigenvalue weighted by Crippen LogP contribution is -2.16. The third-order valence-electron chi connectivity index (χ3n) is 5.35. The summed E-state index contributed by atoms with van der Waals surface area (Å²) in [5.74, 6) is 0.457. The Morgan fingerprint density at radius 1 is 1.20 bits per heavy atom. The monoisotopic (exact) mass is 406 g/mol. The van der Waals surface area contributed by atoms with Crippen LogP contribution in [0.4, 0.5) is 11.5 Å². The fourth-order valence-corrected chi connectivity index (χ4v) is 3.71. The van der Waals surface area contributed by atoms with Crippen molar-refractivity contribution in [2.24, 2.45) is 5.92 Å². The Kier molecular flexibility index (Phi) is 6.34. The number of rotatable bonds is 7. The standard InChI is InChI=1S/C22H26N6O2/c23-21-20(24-8-9-25-21)22(29)27-19-13-26-28(15-19)14-18-3-1-2-17(12-18)5-4-16-6-10-30-11-7-16/h1-3,8-9,12-13,15-16H,4-7,10-11,14H2,(H2,23,25)(H,27,29). The number of carbonyl (C=O) groups excluding carboxylic acids is 1. The molecule has 3 aromatic rings. The Morgan fingerprint density at radius 2 is 2.00 bits per heavy atom. The van der Waals surface area contributed by atoms with Gasteiger partial charge < -0.3 is 15.8 Å². The SMILES string of the molecule is Nc1nccnc1C(=O)Nc1cnn(Cc2cccc(CCC3CCOCC3)c2)c1. The van der Waals surface area contributed by atoms with E-state index < -0.39 is 5.91 Å². The largest absolute Gasteiger partial charge is 0.382 e. The van der Waals surface area contributed by atoms with E-state index in [1.807, 2.05) is 0 Å². The Hall–Kier alpha value is -3.26. The number of nitrogens with two attached hydrogens (primary N) is 1. The fourth-order valence-electron chi connectivity index (χ4n) is 3.71. The van der Waals surface area contributed by atoms with Gasteiger partial charge in [0, 0.05) is 31.8 Å². The van der Waals surface area contributed by atoms with Crippen LogP contribution in [0.1, 0.15) is 40.9 Å². The van der Waals surface area contributed by atoms with Crippen LogP contribution in [0.15, 0.2) is 49.1 Å². The molecule has 1 fully saturated rings. The third-order valence-corrected chi connectivity index (χ3v) is 5.35. The van der Waals surface area contributed by atoms with Gasteiger partial charge >= 0.3 is 0 Å². The van der Waals surface area contributed by atoms with Crippen molar-refractivity contribution in [3.8, 4) is 0 Å². The van der Waals surface area contributed by atoms with Crippen LogP contribution in [0, 0.1) is 5.92 Å². The number of benzene rings is 1. The number of nitrogen functional groups attached to an aromatic ring is 1. The predicted molar refractivity (Wildman–Crippen MR) is 114 cm³/mol. The molecule has 30 heavy (non-hydrogen) atoms. The lowest BCUT2D eigenvalue weighted by atomic mass is 9.92. The number of anilines is 2. The topological polar surface area (TPSA) is 108 Å². The van der Waals surface area contributed by atoms with E-state index in [0.29, 0.717) is 12.2 Å². The maximum Gasteiger partial charge on any atom is 0.278 e. The van der Waals surface area contributed by atoms with Crippen LogP contribution in [-0.2, 0) is 17.7 Å². The highest BCUT2D eigenvalue weighted by Gasteiger charge is 2.14. The lowest BCUT2D eigenvalue weighted by molar-refractivity contribution is 0.0640. The lowest BCUT2D eigenvalue weighted by Gasteiger charge is -2.21. The summed E-state index contributed by atoms with van der Waals surface area (Å²) in [5, 5.41) is 7.11. The molecular weight excluding hydrogens is 380 g/mol. The molecule has 8 nitrogen and oxygen atoms in total. The number of aryl methyl sites for hydroxylation is 1. The first-order valence-corrected chi connectivity index (χ1v) is 10.2. The molecule has 0 spiro atoms. The smallest absolute Gasteiger partial charge is 0.278 e. The molecule has 156 valence electrons. The van der Waals surface area contributed by atoms with Crippen LogP contribution in [-0.4, -0.2) is 38.9 Å². The summed E-state index contributed by atoms with van der Waals surface area (Å²) in [6, 6.07) is 8.61. The molecule has 1 saturated heterocycles. The minimum absolute atomic E-state index is 0.0972. The van der Waals surface area contributed by atoms with Gasteiger partial charge in [-0.1, -0.05) is 24.3 Å². The second-order valence-corrected chi connectivity index (χ2v) is 7.59. The molecule has 2 aromatic heterocycles. The van der Waals surface area contributed by atoms with Crippen molar-refractivity contribution in [3.05, 3.63) is 65.9 Å². The first-order valence-electron chi connectivity index (χ1n) is 10.2. The normalized spacial score (nSPS) is 14.5. The summed E-state index contributed by atoms with van der Waals surface area (Å²) in [6.07, 6.45) is 10.9. The van der Waals surface area contributed by atoms with E-state index >= 15 is 0 Å². The maximum absolute atomic E-state index is 12.3. The molecule has 0 radical (unpaired) electrons. The number of ether oxygens (including phenoxy) is 1. The summed E-state index contributed by atoms with van der Waals surface area (Å²) in [6.45, 7) is 2.42. The Bertz CT molecular complexity index is 997. The zero-order valence-electron chi connectivity index (χ0n) is 16.8. The van der Waals surface area contributed by atoms with E-state index in [-0.39, 0.29) is 11.5 Å². The molecular formula is C22H26N6O2. The van der Waals surface area contributed by atoms with E-state index in [0.717, 1.165) is 25.6 Å². The van der Waals surface area contributed by atoms with E-state index in [2.05, 4.69) is 44.6 Å². The Balaban J connectivity index is 1.34. The molecule has 1 aliphatic heterocycles. The maximum atomic E-state index is 12.3. The van der Waals surface area contributed by atoms with Gasteiger partial charge in [0.15, 0.2) is 11.5 Å². The molecule has 8 heteroatoms. The number of nitrogens with one attached hydrogen (secondary N) is 1. The average molecular weight is 406 g/mol. The van der Waals surface area contributed by atoms with Gasteiger partial charge in [-0.15, -0.1) is 0 Å². The molecule has 4 rings (SSSR count). The summed E-state index contributed by atoms with van der Waals surface area (Å²) < 4.78 is 7.24. The molecule has 0 bridgehead atoms. The highest BCUT2D eigenvalue weighted by molar-refractivity contribution is 6.05. The van der Waals surface area contributed by atoms with Crippen LogP contribution < -0.4 is 11.1 Å². The quantitative estimate of drug-likeness (QED) is 0.625. The Morgan fingerprint density at radius 3 is 2.83 bits per heavy atom. The molecule has 0 aliphatic carbocycles. The number of hydrogen-bond donors (Lipinski definition) is 2. The van der Waals surface area contributed by atoms with E-state index in [9.17, 15) is 4.79 Å². The van der Waals surface area contributed by atoms with Crippen molar-refractivity contribution in [1.29, 1.82) is 0 Å². The summed E-state index contributed by atoms with van der Waals surface area (Å²) in [7, 11) is 0. The van der Waals surface area contributed by atoms with E-state index in [1.165, 1.54) is 42.8 Å². The second-order valence-electron chi connectivity index (χ2n) is 7.59. The molecule has 1 aromatic carbocycles. The highest BCUT2D eigenvalue weighted by Crippen LogP contribution is 2.21. The predicted octanol–water partition coefficient (Wildman–Crippen LogP) is 2.92. The first-order chi connectivity index (χ1) is 14.7. The van der Waals surface area contributed by atoms with Crippen molar-refractivity contribution < 1.29 is 9.53 Å². The van der Waals surface area contributed by atoms with Gasteiger partial charge in [-0.2, -0.15) is 5.10 Å². The fraction of sp³-hybridized carbons (Fsp3) is 0.364. The molecule has 3 N–H and O–H groups in total. The van der Waals surface area contributed by atoms with Gasteiger partial charge in [-0.05, 0) is 42.7 Å². The van der Waals surface area contributed by atoms with Gasteiger partial charge in [0.25, 0.3) is 5.91 Å². The van der Waals surface area contributed by atoms with Gasteiger partial charge in [0.05, 0.1) is 18.4 Å². The summed E-state index contributed by atoms with van der Waals surface area (Å²) >= 11 is 0. The van der Waals surface area contributed by atoms with Crippen LogP contribution in [0.2, 0.25) is 0 Å². The summed E-state index contributed by atoms with van der Waals surface area (Å²) in [5.41, 5.74) is 8.92. The van der Waals surface area contributed by atoms with Gasteiger partial charge in [-0.3, -0.25) is 9.48 Å². The first kappa shape index (κ1) is 20.0. The van der Waals surface area contributed by atoms with Crippen LogP contribution in [0.5, 0.6) is 0 Å². The molecule has 1 aliphatic rings.